The number of imidazole rings is 1. The molecule has 1 saturated carbocycles. The van der Waals surface area contributed by atoms with E-state index in [4.69, 9.17) is 4.74 Å². The van der Waals surface area contributed by atoms with Gasteiger partial charge in [-0.15, -0.1) is 0 Å². The molecule has 1 aliphatic carbocycles. The number of ether oxygens (including phenoxy) is 1. The Balaban J connectivity index is 1.78. The molecule has 2 aromatic heterocycles. The van der Waals surface area contributed by atoms with Crippen molar-refractivity contribution in [2.24, 2.45) is 5.41 Å². The molecule has 0 atom stereocenters. The first-order valence-electron chi connectivity index (χ1n) is 6.47. The zero-order chi connectivity index (χ0) is 13.3. The summed E-state index contributed by atoms with van der Waals surface area (Å²) in [6.45, 7) is 0.491. The third-order valence-electron chi connectivity index (χ3n) is 3.87. The van der Waals surface area contributed by atoms with Crippen LogP contribution in [0.5, 0.6) is 0 Å². The first kappa shape index (κ1) is 12.2. The van der Waals surface area contributed by atoms with Crippen LogP contribution >= 0.6 is 0 Å². The monoisotopic (exact) mass is 259 g/mol. The van der Waals surface area contributed by atoms with Gasteiger partial charge in [0.05, 0.1) is 12.0 Å². The average Bonchev–Trinajstić information content (AvgIpc) is 2.80. The molecule has 0 unspecified atom stereocenters. The van der Waals surface area contributed by atoms with Gasteiger partial charge in [0.1, 0.15) is 5.65 Å². The molecule has 1 N–H and O–H groups in total. The average molecular weight is 259 g/mol. The Morgan fingerprint density at radius 3 is 3.05 bits per heavy atom. The molecule has 1 amide bonds. The maximum absolute atomic E-state index is 12.4. The Bertz CT molecular complexity index is 602. The van der Waals surface area contributed by atoms with Crippen molar-refractivity contribution in [1.29, 1.82) is 0 Å². The highest BCUT2D eigenvalue weighted by molar-refractivity contribution is 5.96. The van der Waals surface area contributed by atoms with E-state index in [9.17, 15) is 4.79 Å². The van der Waals surface area contributed by atoms with E-state index in [2.05, 4.69) is 10.3 Å². The highest BCUT2D eigenvalue weighted by Gasteiger charge is 2.44. The lowest BCUT2D eigenvalue weighted by atomic mass is 9.68. The van der Waals surface area contributed by atoms with Crippen LogP contribution in [0.2, 0.25) is 0 Å². The van der Waals surface area contributed by atoms with Crippen LogP contribution in [0.25, 0.3) is 5.65 Å². The summed E-state index contributed by atoms with van der Waals surface area (Å²) < 4.78 is 7.10. The second kappa shape index (κ2) is 4.66. The zero-order valence-corrected chi connectivity index (χ0v) is 10.9. The van der Waals surface area contributed by atoms with E-state index in [0.29, 0.717) is 6.61 Å². The number of aromatic nitrogens is 2. The lowest BCUT2D eigenvalue weighted by Gasteiger charge is -2.39. The summed E-state index contributed by atoms with van der Waals surface area (Å²) in [5.41, 5.74) is 1.27. The van der Waals surface area contributed by atoms with Gasteiger partial charge in [-0.05, 0) is 18.9 Å². The summed E-state index contributed by atoms with van der Waals surface area (Å²) in [5.74, 6) is 0.0523. The van der Waals surface area contributed by atoms with E-state index in [1.54, 1.807) is 13.3 Å². The topological polar surface area (TPSA) is 55.6 Å². The van der Waals surface area contributed by atoms with Crippen molar-refractivity contribution in [2.45, 2.75) is 19.3 Å². The van der Waals surface area contributed by atoms with E-state index < -0.39 is 0 Å². The first-order valence-corrected chi connectivity index (χ1v) is 6.47. The molecule has 100 valence electrons. The fraction of sp³-hybridized carbons (Fsp3) is 0.429. The van der Waals surface area contributed by atoms with Gasteiger partial charge in [-0.1, -0.05) is 6.42 Å². The minimum atomic E-state index is -0.337. The van der Waals surface area contributed by atoms with Crippen molar-refractivity contribution in [3.63, 3.8) is 0 Å². The Morgan fingerprint density at radius 1 is 1.53 bits per heavy atom. The Hall–Kier alpha value is -1.88. The van der Waals surface area contributed by atoms with E-state index in [0.717, 1.165) is 30.6 Å². The number of rotatable bonds is 4. The van der Waals surface area contributed by atoms with Gasteiger partial charge in [0.25, 0.3) is 0 Å². The lowest BCUT2D eigenvalue weighted by Crippen LogP contribution is -2.45. The van der Waals surface area contributed by atoms with Crippen LogP contribution in [0.3, 0.4) is 0 Å². The van der Waals surface area contributed by atoms with Gasteiger partial charge in [0, 0.05) is 37.5 Å². The van der Waals surface area contributed by atoms with Crippen LogP contribution < -0.4 is 5.32 Å². The molecular formula is C14H17N3O2. The van der Waals surface area contributed by atoms with Gasteiger partial charge in [-0.2, -0.15) is 0 Å². The summed E-state index contributed by atoms with van der Waals surface area (Å²) in [7, 11) is 1.64. The van der Waals surface area contributed by atoms with E-state index in [1.165, 1.54) is 0 Å². The SMILES string of the molecule is COCC1(C(=O)Nc2ccn3ccnc3c2)CCC1. The van der Waals surface area contributed by atoms with E-state index in [-0.39, 0.29) is 11.3 Å². The molecule has 1 aliphatic rings. The summed E-state index contributed by atoms with van der Waals surface area (Å²) >= 11 is 0. The Labute approximate surface area is 111 Å². The van der Waals surface area contributed by atoms with Crippen molar-refractivity contribution in [3.8, 4) is 0 Å². The molecule has 3 rings (SSSR count). The fourth-order valence-corrected chi connectivity index (χ4v) is 2.57. The zero-order valence-electron chi connectivity index (χ0n) is 10.9. The number of anilines is 1. The number of nitrogens with zero attached hydrogens (tertiary/aromatic N) is 2. The minimum Gasteiger partial charge on any atom is -0.384 e. The Morgan fingerprint density at radius 2 is 2.37 bits per heavy atom. The van der Waals surface area contributed by atoms with Crippen LogP contribution in [-0.4, -0.2) is 29.0 Å². The van der Waals surface area contributed by atoms with Crippen LogP contribution in [0.4, 0.5) is 5.69 Å². The number of nitrogens with one attached hydrogen (secondary N) is 1. The number of carbonyl (C=O) groups is 1. The number of fused-ring (bicyclic) bond motifs is 1. The van der Waals surface area contributed by atoms with E-state index in [1.807, 2.05) is 28.9 Å². The highest BCUT2D eigenvalue weighted by atomic mass is 16.5. The molecule has 1 fully saturated rings. The maximum atomic E-state index is 12.4. The van der Waals surface area contributed by atoms with Gasteiger partial charge in [0.2, 0.25) is 5.91 Å². The summed E-state index contributed by atoms with van der Waals surface area (Å²) in [5, 5.41) is 2.98. The third-order valence-corrected chi connectivity index (χ3v) is 3.87. The van der Waals surface area contributed by atoms with Gasteiger partial charge in [-0.25, -0.2) is 4.98 Å². The minimum absolute atomic E-state index is 0.0523. The number of pyridine rings is 1. The van der Waals surface area contributed by atoms with Gasteiger partial charge >= 0.3 is 0 Å². The predicted molar refractivity (Wildman–Crippen MR) is 72.0 cm³/mol. The number of hydrogen-bond acceptors (Lipinski definition) is 3. The Kier molecular flexibility index (Phi) is 2.98. The number of hydrogen-bond donors (Lipinski definition) is 1. The number of amides is 1. The molecule has 0 radical (unpaired) electrons. The summed E-state index contributed by atoms with van der Waals surface area (Å²) in [4.78, 5) is 16.6. The van der Waals surface area contributed by atoms with Crippen LogP contribution in [0.15, 0.2) is 30.7 Å². The molecule has 19 heavy (non-hydrogen) atoms. The third kappa shape index (κ3) is 2.10. The number of carbonyl (C=O) groups excluding carboxylic acids is 1. The standard InChI is InChI=1S/C14H17N3O2/c1-19-10-14(4-2-5-14)13(18)16-11-3-7-17-8-6-15-12(17)9-11/h3,6-9H,2,4-5,10H2,1H3,(H,16,18). The maximum Gasteiger partial charge on any atom is 0.232 e. The molecule has 5 heteroatoms. The number of methoxy groups -OCH3 is 1. The molecule has 2 aromatic rings. The van der Waals surface area contributed by atoms with Crippen molar-refractivity contribution in [2.75, 3.05) is 19.0 Å². The molecule has 0 aromatic carbocycles. The summed E-state index contributed by atoms with van der Waals surface area (Å²) in [6, 6.07) is 3.75. The second-order valence-electron chi connectivity index (χ2n) is 5.13. The van der Waals surface area contributed by atoms with Gasteiger partial charge < -0.3 is 14.5 Å². The molecule has 0 spiro atoms. The fourth-order valence-electron chi connectivity index (χ4n) is 2.57. The normalized spacial score (nSPS) is 17.1. The predicted octanol–water partition coefficient (Wildman–Crippen LogP) is 2.09. The second-order valence-corrected chi connectivity index (χ2v) is 5.13. The molecular weight excluding hydrogens is 242 g/mol. The largest absolute Gasteiger partial charge is 0.384 e. The first-order chi connectivity index (χ1) is 9.23. The molecule has 5 nitrogen and oxygen atoms in total. The van der Waals surface area contributed by atoms with Gasteiger partial charge in [-0.3, -0.25) is 4.79 Å². The van der Waals surface area contributed by atoms with Crippen LogP contribution in [0, 0.1) is 5.41 Å². The highest BCUT2D eigenvalue weighted by Crippen LogP contribution is 2.42. The lowest BCUT2D eigenvalue weighted by molar-refractivity contribution is -0.134. The molecule has 0 bridgehead atoms. The smallest absolute Gasteiger partial charge is 0.232 e. The van der Waals surface area contributed by atoms with Crippen molar-refractivity contribution in [1.82, 2.24) is 9.38 Å². The molecule has 0 saturated heterocycles. The quantitative estimate of drug-likeness (QED) is 0.914. The van der Waals surface area contributed by atoms with Crippen molar-refractivity contribution < 1.29 is 9.53 Å². The van der Waals surface area contributed by atoms with Crippen molar-refractivity contribution >= 4 is 17.2 Å². The summed E-state index contributed by atoms with van der Waals surface area (Å²) in [6.07, 6.45) is 8.40. The van der Waals surface area contributed by atoms with Gasteiger partial charge in [0.15, 0.2) is 0 Å². The molecule has 2 heterocycles. The van der Waals surface area contributed by atoms with Crippen LogP contribution in [0.1, 0.15) is 19.3 Å². The van der Waals surface area contributed by atoms with Crippen LogP contribution in [-0.2, 0) is 9.53 Å². The van der Waals surface area contributed by atoms with E-state index >= 15 is 0 Å². The molecule has 0 aliphatic heterocycles. The van der Waals surface area contributed by atoms with Crippen molar-refractivity contribution in [3.05, 3.63) is 30.7 Å².